The highest BCUT2D eigenvalue weighted by atomic mass is 16.5. The summed E-state index contributed by atoms with van der Waals surface area (Å²) in [6, 6.07) is 13.7. The summed E-state index contributed by atoms with van der Waals surface area (Å²) < 4.78 is 23.6. The molecule has 0 saturated carbocycles. The van der Waals surface area contributed by atoms with Crippen LogP contribution in [0.3, 0.4) is 0 Å². The fourth-order valence-corrected chi connectivity index (χ4v) is 4.29. The average Bonchev–Trinajstić information content (AvgIpc) is 2.85. The number of phenols is 1. The van der Waals surface area contributed by atoms with E-state index in [-0.39, 0.29) is 29.3 Å². The third-order valence-corrected chi connectivity index (χ3v) is 5.98. The Labute approximate surface area is 202 Å². The number of benzene rings is 2. The fraction of sp³-hybridized carbons (Fsp3) is 0.231. The lowest BCUT2D eigenvalue weighted by molar-refractivity contribution is 0.323. The van der Waals surface area contributed by atoms with Gasteiger partial charge < -0.3 is 34.4 Å². The van der Waals surface area contributed by atoms with Gasteiger partial charge in [-0.05, 0) is 42.3 Å². The number of rotatable bonds is 6. The van der Waals surface area contributed by atoms with Gasteiger partial charge in [0, 0.05) is 11.8 Å². The first-order valence-electron chi connectivity index (χ1n) is 10.7. The monoisotopic (exact) mass is 475 g/mol. The molecule has 1 aliphatic heterocycles. The molecular formula is C26H25N3O6. The minimum Gasteiger partial charge on any atom is -0.508 e. The van der Waals surface area contributed by atoms with Crippen LogP contribution in [0.25, 0.3) is 0 Å². The highest BCUT2D eigenvalue weighted by molar-refractivity contribution is 5.56. The summed E-state index contributed by atoms with van der Waals surface area (Å²) in [6.07, 6.45) is 0. The lowest BCUT2D eigenvalue weighted by atomic mass is 9.84. The molecule has 0 radical (unpaired) electrons. The summed E-state index contributed by atoms with van der Waals surface area (Å²) in [4.78, 5) is 13.9. The number of nitrogens with zero attached hydrogens (tertiary/aromatic N) is 2. The first-order valence-corrected chi connectivity index (χ1v) is 10.7. The number of pyridine rings is 1. The van der Waals surface area contributed by atoms with Crippen LogP contribution in [0.2, 0.25) is 0 Å². The maximum absolute atomic E-state index is 13.9. The van der Waals surface area contributed by atoms with E-state index in [1.165, 1.54) is 33.5 Å². The number of hydrogen-bond acceptors (Lipinski definition) is 8. The average molecular weight is 476 g/mol. The van der Waals surface area contributed by atoms with Gasteiger partial charge >= 0.3 is 0 Å². The molecule has 1 unspecified atom stereocenters. The van der Waals surface area contributed by atoms with E-state index in [0.717, 1.165) is 5.56 Å². The molecule has 1 aliphatic rings. The maximum atomic E-state index is 13.9. The Morgan fingerprint density at radius 3 is 2.26 bits per heavy atom. The lowest BCUT2D eigenvalue weighted by Gasteiger charge is -2.27. The number of fused-ring (bicyclic) bond motifs is 1. The molecule has 0 bridgehead atoms. The third-order valence-electron chi connectivity index (χ3n) is 5.98. The summed E-state index contributed by atoms with van der Waals surface area (Å²) in [5.74, 6) is 0.955. The second-order valence-corrected chi connectivity index (χ2v) is 8.00. The topological polar surface area (TPSA) is 129 Å². The van der Waals surface area contributed by atoms with Crippen molar-refractivity contribution in [2.45, 2.75) is 19.4 Å². The van der Waals surface area contributed by atoms with Gasteiger partial charge in [-0.1, -0.05) is 12.1 Å². The van der Waals surface area contributed by atoms with Gasteiger partial charge in [0.15, 0.2) is 11.5 Å². The Bertz CT molecular complexity index is 1390. The first-order chi connectivity index (χ1) is 16.8. The van der Waals surface area contributed by atoms with E-state index in [9.17, 15) is 15.2 Å². The van der Waals surface area contributed by atoms with Gasteiger partial charge in [-0.15, -0.1) is 0 Å². The van der Waals surface area contributed by atoms with Crippen molar-refractivity contribution in [3.05, 3.63) is 86.7 Å². The zero-order valence-electron chi connectivity index (χ0n) is 19.8. The molecule has 1 atom stereocenters. The number of aryl methyl sites for hydroxylation is 1. The zero-order valence-corrected chi connectivity index (χ0v) is 19.8. The van der Waals surface area contributed by atoms with Crippen molar-refractivity contribution in [1.29, 1.82) is 5.26 Å². The van der Waals surface area contributed by atoms with Crippen LogP contribution in [0.1, 0.15) is 28.3 Å². The van der Waals surface area contributed by atoms with Crippen LogP contribution in [0.15, 0.2) is 58.7 Å². The molecule has 4 rings (SSSR count). The largest absolute Gasteiger partial charge is 0.508 e. The highest BCUT2D eigenvalue weighted by Crippen LogP contribution is 2.41. The van der Waals surface area contributed by atoms with E-state index in [0.29, 0.717) is 39.8 Å². The SMILES string of the molecule is COc1cc(Cn2c(C)cc3c(c2=O)C(c2ccc(O)cc2)C(C#N)=C(N)O3)cc(OC)c1OC. The van der Waals surface area contributed by atoms with E-state index in [1.807, 2.05) is 0 Å². The molecule has 35 heavy (non-hydrogen) atoms. The Balaban J connectivity index is 1.89. The van der Waals surface area contributed by atoms with Crippen LogP contribution in [0, 0.1) is 18.3 Å². The number of hydrogen-bond donors (Lipinski definition) is 2. The number of methoxy groups -OCH3 is 3. The maximum Gasteiger partial charge on any atom is 0.259 e. The molecule has 2 heterocycles. The summed E-state index contributed by atoms with van der Waals surface area (Å²) >= 11 is 0. The van der Waals surface area contributed by atoms with Crippen LogP contribution in [-0.4, -0.2) is 31.0 Å². The van der Waals surface area contributed by atoms with Crippen LogP contribution < -0.4 is 30.2 Å². The molecule has 0 spiro atoms. The lowest BCUT2D eigenvalue weighted by Crippen LogP contribution is -2.33. The predicted octanol–water partition coefficient (Wildman–Crippen LogP) is 3.15. The molecule has 0 saturated heterocycles. The van der Waals surface area contributed by atoms with E-state index in [1.54, 1.807) is 41.8 Å². The van der Waals surface area contributed by atoms with E-state index in [2.05, 4.69) is 6.07 Å². The Morgan fingerprint density at radius 1 is 1.09 bits per heavy atom. The highest BCUT2D eigenvalue weighted by Gasteiger charge is 2.34. The fourth-order valence-electron chi connectivity index (χ4n) is 4.29. The molecule has 0 amide bonds. The summed E-state index contributed by atoms with van der Waals surface area (Å²) in [6.45, 7) is 2.00. The van der Waals surface area contributed by atoms with E-state index >= 15 is 0 Å². The molecular weight excluding hydrogens is 450 g/mol. The summed E-state index contributed by atoms with van der Waals surface area (Å²) in [5.41, 5.74) is 8.16. The second kappa shape index (κ2) is 9.35. The van der Waals surface area contributed by atoms with Gasteiger partial charge in [-0.2, -0.15) is 5.26 Å². The van der Waals surface area contributed by atoms with Crippen molar-refractivity contribution in [1.82, 2.24) is 4.57 Å². The normalized spacial score (nSPS) is 14.5. The van der Waals surface area contributed by atoms with Gasteiger partial charge in [-0.25, -0.2) is 0 Å². The molecule has 180 valence electrons. The molecule has 0 fully saturated rings. The van der Waals surface area contributed by atoms with Gasteiger partial charge in [0.2, 0.25) is 11.6 Å². The Morgan fingerprint density at radius 2 is 1.71 bits per heavy atom. The molecule has 2 aromatic carbocycles. The Kier molecular flexibility index (Phi) is 6.30. The number of aromatic hydroxyl groups is 1. The molecule has 9 nitrogen and oxygen atoms in total. The van der Waals surface area contributed by atoms with Crippen LogP contribution >= 0.6 is 0 Å². The quantitative estimate of drug-likeness (QED) is 0.556. The number of nitrogens with two attached hydrogens (primary N) is 1. The van der Waals surface area contributed by atoms with Crippen molar-refractivity contribution in [2.75, 3.05) is 21.3 Å². The van der Waals surface area contributed by atoms with Crippen molar-refractivity contribution in [2.24, 2.45) is 5.73 Å². The molecule has 0 aliphatic carbocycles. The molecule has 3 N–H and O–H groups in total. The van der Waals surface area contributed by atoms with Crippen molar-refractivity contribution in [3.63, 3.8) is 0 Å². The predicted molar refractivity (Wildman–Crippen MR) is 128 cm³/mol. The molecule has 9 heteroatoms. The number of phenolic OH excluding ortho intramolecular Hbond substituents is 1. The number of allylic oxidation sites excluding steroid dienone is 1. The summed E-state index contributed by atoms with van der Waals surface area (Å²) in [5, 5.41) is 19.5. The smallest absolute Gasteiger partial charge is 0.259 e. The van der Waals surface area contributed by atoms with Gasteiger partial charge in [-0.3, -0.25) is 4.79 Å². The second-order valence-electron chi connectivity index (χ2n) is 8.00. The first kappa shape index (κ1) is 23.6. The van der Waals surface area contributed by atoms with Crippen molar-refractivity contribution >= 4 is 0 Å². The summed E-state index contributed by atoms with van der Waals surface area (Å²) in [7, 11) is 4.57. The van der Waals surface area contributed by atoms with E-state index in [4.69, 9.17) is 24.7 Å². The number of nitriles is 1. The number of ether oxygens (including phenoxy) is 4. The van der Waals surface area contributed by atoms with Crippen LogP contribution in [0.5, 0.6) is 28.7 Å². The third kappa shape index (κ3) is 4.10. The Hall–Kier alpha value is -4.58. The number of aromatic nitrogens is 1. The minimum atomic E-state index is -0.747. The van der Waals surface area contributed by atoms with Gasteiger partial charge in [0.05, 0.1) is 39.4 Å². The van der Waals surface area contributed by atoms with Crippen LogP contribution in [0.4, 0.5) is 0 Å². The van der Waals surface area contributed by atoms with Gasteiger partial charge in [0.1, 0.15) is 23.1 Å². The molecule has 1 aromatic heterocycles. The zero-order chi connectivity index (χ0) is 25.3. The molecule has 3 aromatic rings. The minimum absolute atomic E-state index is 0.0562. The van der Waals surface area contributed by atoms with Crippen LogP contribution in [-0.2, 0) is 6.54 Å². The van der Waals surface area contributed by atoms with E-state index < -0.39 is 5.92 Å². The van der Waals surface area contributed by atoms with Crippen molar-refractivity contribution < 1.29 is 24.1 Å². The van der Waals surface area contributed by atoms with Crippen molar-refractivity contribution in [3.8, 4) is 34.8 Å². The standard InChI is InChI=1S/C26H25N3O6/c1-14-9-19-23(22(18(12-27)25(28)35-19)16-5-7-17(30)8-6-16)26(31)29(14)13-15-10-20(32-2)24(34-4)21(11-15)33-3/h5-11,22,30H,13,28H2,1-4H3. The van der Waals surface area contributed by atoms with Gasteiger partial charge in [0.25, 0.3) is 5.56 Å².